The van der Waals surface area contributed by atoms with Crippen LogP contribution in [0.3, 0.4) is 0 Å². The van der Waals surface area contributed by atoms with E-state index in [1.54, 1.807) is 0 Å². The molecule has 0 unspecified atom stereocenters. The van der Waals surface area contributed by atoms with Crippen LogP contribution in [0.5, 0.6) is 0 Å². The molecule has 116 valence electrons. The monoisotopic (exact) mass is 312 g/mol. The summed E-state index contributed by atoms with van der Waals surface area (Å²) >= 11 is 0. The second kappa shape index (κ2) is 5.82. The number of carbonyl (C=O) groups excluding carboxylic acids is 1. The molecule has 0 aromatic heterocycles. The van der Waals surface area contributed by atoms with Crippen molar-refractivity contribution in [1.82, 2.24) is 0 Å². The van der Waals surface area contributed by atoms with E-state index < -0.39 is 0 Å². The molecule has 0 heterocycles. The third-order valence-corrected chi connectivity index (χ3v) is 4.39. The summed E-state index contributed by atoms with van der Waals surface area (Å²) in [6, 6.07) is 26.6. The molecule has 2 heteroatoms. The van der Waals surface area contributed by atoms with Crippen molar-refractivity contribution in [2.45, 2.75) is 0 Å². The third kappa shape index (κ3) is 2.33. The van der Waals surface area contributed by atoms with Crippen molar-refractivity contribution in [3.63, 3.8) is 0 Å². The summed E-state index contributed by atoms with van der Waals surface area (Å²) in [6.45, 7) is 0. The second-order valence-electron chi connectivity index (χ2n) is 5.76. The third-order valence-electron chi connectivity index (χ3n) is 4.39. The Morgan fingerprint density at radius 2 is 1.38 bits per heavy atom. The van der Waals surface area contributed by atoms with Crippen molar-refractivity contribution in [2.75, 3.05) is 7.11 Å². The summed E-state index contributed by atoms with van der Waals surface area (Å²) in [5, 5.41) is 4.91. The lowest BCUT2D eigenvalue weighted by atomic mass is 9.93. The highest BCUT2D eigenvalue weighted by molar-refractivity contribution is 6.13. The normalized spacial score (nSPS) is 10.9. The predicted molar refractivity (Wildman–Crippen MR) is 98.2 cm³/mol. The molecule has 0 saturated heterocycles. The Kier molecular flexibility index (Phi) is 3.51. The van der Waals surface area contributed by atoms with Gasteiger partial charge in [0.2, 0.25) is 0 Å². The first-order valence-electron chi connectivity index (χ1n) is 7.87. The second-order valence-corrected chi connectivity index (χ2v) is 5.76. The number of ether oxygens (including phenoxy) is 1. The molecule has 24 heavy (non-hydrogen) atoms. The Hall–Kier alpha value is -3.13. The molecule has 0 aliphatic carbocycles. The van der Waals surface area contributed by atoms with Gasteiger partial charge in [-0.25, -0.2) is 4.79 Å². The summed E-state index contributed by atoms with van der Waals surface area (Å²) in [7, 11) is 1.40. The highest BCUT2D eigenvalue weighted by atomic mass is 16.5. The van der Waals surface area contributed by atoms with Crippen LogP contribution in [0, 0.1) is 0 Å². The lowest BCUT2D eigenvalue weighted by Crippen LogP contribution is -2.00. The van der Waals surface area contributed by atoms with Gasteiger partial charge >= 0.3 is 5.97 Å². The van der Waals surface area contributed by atoms with Crippen LogP contribution in [0.4, 0.5) is 0 Å². The van der Waals surface area contributed by atoms with E-state index in [0.29, 0.717) is 5.56 Å². The van der Waals surface area contributed by atoms with E-state index >= 15 is 0 Å². The van der Waals surface area contributed by atoms with Crippen LogP contribution >= 0.6 is 0 Å². The lowest BCUT2D eigenvalue weighted by molar-refractivity contribution is 0.0601. The SMILES string of the molecule is COC(=O)c1ccc(-c2cc3ccccc3c3ccccc23)cc1. The maximum Gasteiger partial charge on any atom is 0.337 e. The van der Waals surface area contributed by atoms with Crippen molar-refractivity contribution in [1.29, 1.82) is 0 Å². The fourth-order valence-corrected chi connectivity index (χ4v) is 3.20. The van der Waals surface area contributed by atoms with Crippen molar-refractivity contribution in [3.8, 4) is 11.1 Å². The van der Waals surface area contributed by atoms with Crippen LogP contribution in [0.2, 0.25) is 0 Å². The highest BCUT2D eigenvalue weighted by Crippen LogP contribution is 2.34. The molecule has 0 bridgehead atoms. The minimum atomic E-state index is -0.315. The zero-order valence-corrected chi connectivity index (χ0v) is 13.3. The van der Waals surface area contributed by atoms with Gasteiger partial charge in [0.05, 0.1) is 12.7 Å². The van der Waals surface area contributed by atoms with E-state index in [2.05, 4.69) is 54.6 Å². The number of fused-ring (bicyclic) bond motifs is 3. The van der Waals surface area contributed by atoms with Crippen molar-refractivity contribution < 1.29 is 9.53 Å². The molecule has 0 amide bonds. The number of esters is 1. The largest absolute Gasteiger partial charge is 0.465 e. The Bertz CT molecular complexity index is 1050. The number of carbonyl (C=O) groups is 1. The maximum absolute atomic E-state index is 11.6. The van der Waals surface area contributed by atoms with Gasteiger partial charge in [0.15, 0.2) is 0 Å². The summed E-state index contributed by atoms with van der Waals surface area (Å²) in [5.74, 6) is -0.315. The van der Waals surface area contributed by atoms with E-state index in [4.69, 9.17) is 4.74 Å². The molecule has 0 atom stereocenters. The molecule has 0 aliphatic heterocycles. The van der Waals surface area contributed by atoms with Crippen LogP contribution in [0.1, 0.15) is 10.4 Å². The van der Waals surface area contributed by atoms with Gasteiger partial charge in [-0.1, -0.05) is 60.7 Å². The predicted octanol–water partition coefficient (Wildman–Crippen LogP) is 5.45. The minimum absolute atomic E-state index is 0.315. The summed E-state index contributed by atoms with van der Waals surface area (Å²) in [6.07, 6.45) is 0. The van der Waals surface area contributed by atoms with Gasteiger partial charge in [0.1, 0.15) is 0 Å². The molecule has 0 saturated carbocycles. The molecule has 0 N–H and O–H groups in total. The Morgan fingerprint density at radius 3 is 2.08 bits per heavy atom. The van der Waals surface area contributed by atoms with Gasteiger partial charge in [-0.3, -0.25) is 0 Å². The van der Waals surface area contributed by atoms with Gasteiger partial charge in [0, 0.05) is 0 Å². The molecular formula is C22H16O2. The number of hydrogen-bond donors (Lipinski definition) is 0. The quantitative estimate of drug-likeness (QED) is 0.363. The van der Waals surface area contributed by atoms with E-state index in [0.717, 1.165) is 5.56 Å². The summed E-state index contributed by atoms with van der Waals surface area (Å²) < 4.78 is 4.77. The number of benzene rings is 4. The molecule has 0 radical (unpaired) electrons. The average Bonchev–Trinajstić information content (AvgIpc) is 2.67. The van der Waals surface area contributed by atoms with Crippen LogP contribution < -0.4 is 0 Å². The Labute approximate surface area is 140 Å². The van der Waals surface area contributed by atoms with Gasteiger partial charge in [-0.2, -0.15) is 0 Å². The first kappa shape index (κ1) is 14.5. The van der Waals surface area contributed by atoms with Gasteiger partial charge < -0.3 is 4.74 Å². The number of hydrogen-bond acceptors (Lipinski definition) is 2. The Balaban J connectivity index is 1.96. The molecule has 4 aromatic carbocycles. The van der Waals surface area contributed by atoms with Crippen molar-refractivity contribution in [3.05, 3.63) is 84.4 Å². The molecule has 2 nitrogen and oxygen atoms in total. The fraction of sp³-hybridized carbons (Fsp3) is 0.0455. The maximum atomic E-state index is 11.6. The highest BCUT2D eigenvalue weighted by Gasteiger charge is 2.09. The van der Waals surface area contributed by atoms with E-state index in [1.807, 2.05) is 24.3 Å². The van der Waals surface area contributed by atoms with E-state index in [9.17, 15) is 4.79 Å². The Morgan fingerprint density at radius 1 is 0.750 bits per heavy atom. The minimum Gasteiger partial charge on any atom is -0.465 e. The van der Waals surface area contributed by atoms with Crippen LogP contribution in [-0.4, -0.2) is 13.1 Å². The van der Waals surface area contributed by atoms with Crippen LogP contribution in [0.15, 0.2) is 78.9 Å². The summed E-state index contributed by atoms with van der Waals surface area (Å²) in [5.41, 5.74) is 2.82. The van der Waals surface area contributed by atoms with E-state index in [1.165, 1.54) is 34.2 Å². The topological polar surface area (TPSA) is 26.3 Å². The molecule has 4 aromatic rings. The van der Waals surface area contributed by atoms with Crippen molar-refractivity contribution in [2.24, 2.45) is 0 Å². The molecular weight excluding hydrogens is 296 g/mol. The summed E-state index contributed by atoms with van der Waals surface area (Å²) in [4.78, 5) is 11.6. The number of rotatable bonds is 2. The smallest absolute Gasteiger partial charge is 0.337 e. The van der Waals surface area contributed by atoms with Crippen LogP contribution in [-0.2, 0) is 4.74 Å². The number of methoxy groups -OCH3 is 1. The molecule has 4 rings (SSSR count). The van der Waals surface area contributed by atoms with Crippen LogP contribution in [0.25, 0.3) is 32.7 Å². The molecule has 0 fully saturated rings. The standard InChI is InChI=1S/C22H16O2/c1-24-22(23)16-12-10-15(11-13-16)21-14-17-6-2-3-7-18(17)19-8-4-5-9-20(19)21/h2-14H,1H3. The zero-order valence-electron chi connectivity index (χ0n) is 13.3. The molecule has 0 aliphatic rings. The fourth-order valence-electron chi connectivity index (χ4n) is 3.20. The van der Waals surface area contributed by atoms with Gasteiger partial charge in [-0.05, 0) is 50.9 Å². The van der Waals surface area contributed by atoms with Gasteiger partial charge in [-0.15, -0.1) is 0 Å². The lowest BCUT2D eigenvalue weighted by Gasteiger charge is -2.11. The van der Waals surface area contributed by atoms with Gasteiger partial charge in [0.25, 0.3) is 0 Å². The zero-order chi connectivity index (χ0) is 16.5. The average molecular weight is 312 g/mol. The van der Waals surface area contributed by atoms with Crippen molar-refractivity contribution >= 4 is 27.5 Å². The first-order chi connectivity index (χ1) is 11.8. The van der Waals surface area contributed by atoms with E-state index in [-0.39, 0.29) is 5.97 Å². The molecule has 0 spiro atoms. The first-order valence-corrected chi connectivity index (χ1v) is 7.87.